The van der Waals surface area contributed by atoms with Crippen molar-refractivity contribution >= 4 is 29.0 Å². The minimum atomic E-state index is -0.245. The molecule has 0 aliphatic carbocycles. The molecular formula is C2H4BrO2P. The van der Waals surface area contributed by atoms with Crippen LogP contribution in [0.5, 0.6) is 0 Å². The summed E-state index contributed by atoms with van der Waals surface area (Å²) in [7, 11) is 0.101. The summed E-state index contributed by atoms with van der Waals surface area (Å²) in [5.41, 5.74) is 0. The molecule has 0 fully saturated rings. The van der Waals surface area contributed by atoms with E-state index in [9.17, 15) is 4.79 Å². The van der Waals surface area contributed by atoms with Crippen molar-refractivity contribution in [1.82, 2.24) is 0 Å². The second-order valence-corrected chi connectivity index (χ2v) is 2.00. The predicted octanol–water partition coefficient (Wildman–Crippen LogP) is 1.45. The van der Waals surface area contributed by atoms with Gasteiger partial charge in [-0.05, 0) is 15.5 Å². The molecule has 0 radical (unpaired) electrons. The van der Waals surface area contributed by atoms with Crippen LogP contribution in [-0.4, -0.2) is 5.97 Å². The van der Waals surface area contributed by atoms with Crippen molar-refractivity contribution in [2.75, 3.05) is 0 Å². The largest absolute Gasteiger partial charge is 0.436 e. The smallest absolute Gasteiger partial charge is 0.305 e. The average molecular weight is 171 g/mol. The third-order valence-corrected chi connectivity index (χ3v) is 1.03. The van der Waals surface area contributed by atoms with Gasteiger partial charge < -0.3 is 4.52 Å². The summed E-state index contributed by atoms with van der Waals surface area (Å²) in [4.78, 5) is 9.80. The summed E-state index contributed by atoms with van der Waals surface area (Å²) in [5, 5.41) is 0. The van der Waals surface area contributed by atoms with Crippen LogP contribution in [0.15, 0.2) is 0 Å². The first-order valence-corrected chi connectivity index (χ1v) is 4.47. The maximum atomic E-state index is 9.80. The molecule has 0 saturated heterocycles. The molecule has 2 nitrogen and oxygen atoms in total. The number of carbonyl (C=O) groups is 1. The van der Waals surface area contributed by atoms with Crippen molar-refractivity contribution in [3.05, 3.63) is 0 Å². The highest BCUT2D eigenvalue weighted by Gasteiger charge is 1.83. The molecule has 0 saturated carbocycles. The number of carbonyl (C=O) groups excluding carboxylic acids is 1. The molecule has 0 aliphatic rings. The van der Waals surface area contributed by atoms with E-state index in [-0.39, 0.29) is 13.5 Å². The molecule has 0 amide bonds. The maximum absolute atomic E-state index is 9.80. The van der Waals surface area contributed by atoms with Gasteiger partial charge in [0.05, 0.1) is 0 Å². The maximum Gasteiger partial charge on any atom is 0.305 e. The number of halogens is 1. The van der Waals surface area contributed by atoms with Crippen molar-refractivity contribution in [2.24, 2.45) is 0 Å². The normalized spacial score (nSPS) is 9.67. The number of rotatable bonds is 1. The molecule has 4 heteroatoms. The van der Waals surface area contributed by atoms with E-state index in [2.05, 4.69) is 20.0 Å². The number of hydrogen-bond donors (Lipinski definition) is 0. The zero-order chi connectivity index (χ0) is 4.99. The van der Waals surface area contributed by atoms with Crippen LogP contribution in [0.4, 0.5) is 0 Å². The zero-order valence-corrected chi connectivity index (χ0v) is 5.78. The van der Waals surface area contributed by atoms with E-state index < -0.39 is 0 Å². The van der Waals surface area contributed by atoms with E-state index >= 15 is 0 Å². The molecule has 0 heterocycles. The topological polar surface area (TPSA) is 26.3 Å². The Balaban J connectivity index is 2.83. The third kappa shape index (κ3) is 4.38. The molecule has 6 heavy (non-hydrogen) atoms. The lowest BCUT2D eigenvalue weighted by Gasteiger charge is -1.86. The van der Waals surface area contributed by atoms with E-state index in [0.29, 0.717) is 0 Å². The first-order chi connectivity index (χ1) is 2.77. The quantitative estimate of drug-likeness (QED) is 0.558. The van der Waals surface area contributed by atoms with Gasteiger partial charge >= 0.3 is 5.97 Å². The van der Waals surface area contributed by atoms with Crippen molar-refractivity contribution in [1.29, 1.82) is 0 Å². The van der Waals surface area contributed by atoms with E-state index in [4.69, 9.17) is 0 Å². The standard InChI is InChI=1S/C2H4BrO2P/c1-2(4)5-6-3/h6H,1H3. The van der Waals surface area contributed by atoms with Crippen LogP contribution < -0.4 is 0 Å². The Kier molecular flexibility index (Phi) is 3.79. The second-order valence-electron chi connectivity index (χ2n) is 0.671. The Hall–Kier alpha value is 0.380. The van der Waals surface area contributed by atoms with Gasteiger partial charge in [-0.15, -0.1) is 0 Å². The fourth-order valence-corrected chi connectivity index (χ4v) is 0.847. The molecule has 0 spiro atoms. The van der Waals surface area contributed by atoms with Gasteiger partial charge in [0.2, 0.25) is 0 Å². The van der Waals surface area contributed by atoms with Crippen molar-refractivity contribution in [3.8, 4) is 0 Å². The molecule has 0 bridgehead atoms. The molecular weight excluding hydrogens is 167 g/mol. The Morgan fingerprint density at radius 1 is 2.00 bits per heavy atom. The summed E-state index contributed by atoms with van der Waals surface area (Å²) < 4.78 is 4.35. The number of hydrogen-bond acceptors (Lipinski definition) is 2. The molecule has 0 rings (SSSR count). The molecule has 36 valence electrons. The van der Waals surface area contributed by atoms with Crippen molar-refractivity contribution in [3.63, 3.8) is 0 Å². The van der Waals surface area contributed by atoms with Crippen molar-refractivity contribution in [2.45, 2.75) is 6.92 Å². The fraction of sp³-hybridized carbons (Fsp3) is 0.500. The van der Waals surface area contributed by atoms with E-state index in [0.717, 1.165) is 0 Å². The van der Waals surface area contributed by atoms with Crippen LogP contribution in [-0.2, 0) is 9.32 Å². The summed E-state index contributed by atoms with van der Waals surface area (Å²) in [6.07, 6.45) is 0. The van der Waals surface area contributed by atoms with Gasteiger partial charge in [-0.25, -0.2) is 0 Å². The minimum absolute atomic E-state index is 0.101. The summed E-state index contributed by atoms with van der Waals surface area (Å²) in [6, 6.07) is 0. The monoisotopic (exact) mass is 170 g/mol. The van der Waals surface area contributed by atoms with Crippen LogP contribution in [0.1, 0.15) is 6.92 Å². The Bertz CT molecular complexity index is 55.5. The molecule has 0 aromatic rings. The summed E-state index contributed by atoms with van der Waals surface area (Å²) in [6.45, 7) is 1.37. The second kappa shape index (κ2) is 3.57. The van der Waals surface area contributed by atoms with Gasteiger partial charge in [0.15, 0.2) is 0 Å². The third-order valence-electron chi connectivity index (χ3n) is 0.182. The molecule has 1 unspecified atom stereocenters. The lowest BCUT2D eigenvalue weighted by atomic mass is 10.9. The highest BCUT2D eigenvalue weighted by atomic mass is 79.9. The Morgan fingerprint density at radius 3 is 2.50 bits per heavy atom. The van der Waals surface area contributed by atoms with E-state index in [1.807, 2.05) is 0 Å². The Labute approximate surface area is 45.9 Å². The molecule has 0 aromatic carbocycles. The van der Waals surface area contributed by atoms with Crippen molar-refractivity contribution < 1.29 is 9.32 Å². The first kappa shape index (κ1) is 6.38. The van der Waals surface area contributed by atoms with Gasteiger partial charge in [0.25, 0.3) is 0 Å². The highest BCUT2D eigenvalue weighted by molar-refractivity contribution is 9.36. The SMILES string of the molecule is CC(=O)OPBr. The Morgan fingerprint density at radius 2 is 2.50 bits per heavy atom. The van der Waals surface area contributed by atoms with Crippen LogP contribution in [0.2, 0.25) is 0 Å². The van der Waals surface area contributed by atoms with E-state index in [1.165, 1.54) is 6.92 Å². The average Bonchev–Trinajstić information content (AvgIpc) is 1.35. The first-order valence-electron chi connectivity index (χ1n) is 1.30. The van der Waals surface area contributed by atoms with E-state index in [1.54, 1.807) is 0 Å². The minimum Gasteiger partial charge on any atom is -0.436 e. The van der Waals surface area contributed by atoms with Crippen LogP contribution >= 0.6 is 23.0 Å². The van der Waals surface area contributed by atoms with Gasteiger partial charge in [-0.1, -0.05) is 0 Å². The van der Waals surface area contributed by atoms with Gasteiger partial charge in [-0.3, -0.25) is 4.79 Å². The molecule has 0 aromatic heterocycles. The predicted molar refractivity (Wildman–Crippen MR) is 29.0 cm³/mol. The van der Waals surface area contributed by atoms with Gasteiger partial charge in [0, 0.05) is 6.92 Å². The van der Waals surface area contributed by atoms with Gasteiger partial charge in [0.1, 0.15) is 7.51 Å². The van der Waals surface area contributed by atoms with Crippen LogP contribution in [0, 0.1) is 0 Å². The lowest BCUT2D eigenvalue weighted by Crippen LogP contribution is -1.83. The molecule has 0 N–H and O–H groups in total. The fourth-order valence-electron chi connectivity index (χ4n) is 0.0543. The van der Waals surface area contributed by atoms with Gasteiger partial charge in [-0.2, -0.15) is 0 Å². The molecule has 0 aliphatic heterocycles. The lowest BCUT2D eigenvalue weighted by molar-refractivity contribution is -0.130. The van der Waals surface area contributed by atoms with Crippen LogP contribution in [0.3, 0.4) is 0 Å². The van der Waals surface area contributed by atoms with Crippen LogP contribution in [0.25, 0.3) is 0 Å². The summed E-state index contributed by atoms with van der Waals surface area (Å²) in [5.74, 6) is -0.245. The summed E-state index contributed by atoms with van der Waals surface area (Å²) >= 11 is 2.93. The zero-order valence-electron chi connectivity index (χ0n) is 3.19. The molecule has 1 atom stereocenters. The highest BCUT2D eigenvalue weighted by Crippen LogP contribution is 2.19.